The molecule has 0 fully saturated rings. The number of carbonyl (C=O) groups excluding carboxylic acids is 1. The van der Waals surface area contributed by atoms with E-state index in [2.05, 4.69) is 9.46 Å². The molecule has 106 valence electrons. The van der Waals surface area contributed by atoms with Gasteiger partial charge in [0.2, 0.25) is 10.0 Å². The molecule has 0 aliphatic heterocycles. The first kappa shape index (κ1) is 15.5. The molecule has 0 unspecified atom stereocenters. The summed E-state index contributed by atoms with van der Waals surface area (Å²) in [6, 6.07) is 4.60. The van der Waals surface area contributed by atoms with Gasteiger partial charge < -0.3 is 10.5 Å². The Hall–Kier alpha value is -1.60. The zero-order chi connectivity index (χ0) is 14.5. The van der Waals surface area contributed by atoms with Gasteiger partial charge in [0, 0.05) is 12.2 Å². The summed E-state index contributed by atoms with van der Waals surface area (Å²) < 4.78 is 30.6. The number of carbonyl (C=O) groups is 1. The van der Waals surface area contributed by atoms with Gasteiger partial charge in [0.15, 0.2) is 0 Å². The molecule has 0 aliphatic carbocycles. The van der Waals surface area contributed by atoms with E-state index < -0.39 is 16.0 Å². The van der Waals surface area contributed by atoms with E-state index in [1.807, 2.05) is 6.92 Å². The van der Waals surface area contributed by atoms with Crippen molar-refractivity contribution in [3.05, 3.63) is 23.8 Å². The van der Waals surface area contributed by atoms with E-state index in [1.54, 1.807) is 6.07 Å². The fourth-order valence-corrected chi connectivity index (χ4v) is 2.60. The monoisotopic (exact) mass is 286 g/mol. The molecular weight excluding hydrogens is 268 g/mol. The Bertz CT molecular complexity index is 555. The molecule has 0 amide bonds. The lowest BCUT2D eigenvalue weighted by atomic mass is 10.1. The summed E-state index contributed by atoms with van der Waals surface area (Å²) in [6.45, 7) is 1.93. The molecule has 7 heteroatoms. The van der Waals surface area contributed by atoms with Crippen LogP contribution in [0.25, 0.3) is 0 Å². The van der Waals surface area contributed by atoms with Gasteiger partial charge >= 0.3 is 5.97 Å². The van der Waals surface area contributed by atoms with E-state index >= 15 is 0 Å². The molecule has 0 heterocycles. The number of esters is 1. The predicted octanol–water partition coefficient (Wildman–Crippen LogP) is 0.673. The number of aryl methyl sites for hydroxylation is 1. The third-order valence-corrected chi connectivity index (χ3v) is 4.12. The summed E-state index contributed by atoms with van der Waals surface area (Å²) in [4.78, 5) is 11.0. The second kappa shape index (κ2) is 6.53. The van der Waals surface area contributed by atoms with E-state index in [4.69, 9.17) is 5.73 Å². The lowest BCUT2D eigenvalue weighted by molar-refractivity contribution is -0.140. The van der Waals surface area contributed by atoms with Crippen LogP contribution in [0.5, 0.6) is 0 Å². The topological polar surface area (TPSA) is 98.5 Å². The van der Waals surface area contributed by atoms with Gasteiger partial charge in [0.05, 0.1) is 18.4 Å². The lowest BCUT2D eigenvalue weighted by Crippen LogP contribution is -2.26. The third kappa shape index (κ3) is 4.22. The number of nitrogen functional groups attached to an aromatic ring is 1. The first-order valence-corrected chi connectivity index (χ1v) is 7.34. The van der Waals surface area contributed by atoms with Crippen molar-refractivity contribution in [2.75, 3.05) is 19.4 Å². The van der Waals surface area contributed by atoms with E-state index in [0.717, 1.165) is 12.0 Å². The van der Waals surface area contributed by atoms with Gasteiger partial charge in [-0.3, -0.25) is 4.79 Å². The van der Waals surface area contributed by atoms with Gasteiger partial charge in [-0.2, -0.15) is 0 Å². The summed E-state index contributed by atoms with van der Waals surface area (Å²) in [5, 5.41) is 0. The minimum atomic E-state index is -3.65. The standard InChI is InChI=1S/C12H18N2O4S/c1-3-9-4-5-10(8-11(9)13)19(16,17)14-7-6-12(15)18-2/h4-5,8,14H,3,6-7,13H2,1-2H3. The van der Waals surface area contributed by atoms with Crippen molar-refractivity contribution in [1.82, 2.24) is 4.72 Å². The molecule has 1 aromatic carbocycles. The van der Waals surface area contributed by atoms with Gasteiger partial charge in [0.1, 0.15) is 0 Å². The van der Waals surface area contributed by atoms with Crippen LogP contribution >= 0.6 is 0 Å². The number of methoxy groups -OCH3 is 1. The highest BCUT2D eigenvalue weighted by Crippen LogP contribution is 2.18. The Morgan fingerprint density at radius 1 is 1.42 bits per heavy atom. The van der Waals surface area contributed by atoms with Crippen molar-refractivity contribution in [2.45, 2.75) is 24.7 Å². The van der Waals surface area contributed by atoms with E-state index in [9.17, 15) is 13.2 Å². The van der Waals surface area contributed by atoms with Crippen molar-refractivity contribution in [3.8, 4) is 0 Å². The van der Waals surface area contributed by atoms with Gasteiger partial charge in [-0.05, 0) is 24.1 Å². The molecule has 3 N–H and O–H groups in total. The second-order valence-corrected chi connectivity index (χ2v) is 5.71. The smallest absolute Gasteiger partial charge is 0.306 e. The minimum Gasteiger partial charge on any atom is -0.469 e. The van der Waals surface area contributed by atoms with Crippen LogP contribution in [0.15, 0.2) is 23.1 Å². The van der Waals surface area contributed by atoms with Crippen LogP contribution in [0.3, 0.4) is 0 Å². The predicted molar refractivity (Wildman–Crippen MR) is 72.1 cm³/mol. The van der Waals surface area contributed by atoms with Crippen molar-refractivity contribution in [2.24, 2.45) is 0 Å². The Labute approximate surface area is 113 Å². The molecule has 0 saturated heterocycles. The third-order valence-electron chi connectivity index (χ3n) is 2.66. The first-order valence-electron chi connectivity index (χ1n) is 5.85. The zero-order valence-electron chi connectivity index (χ0n) is 11.0. The molecule has 0 aromatic heterocycles. The largest absolute Gasteiger partial charge is 0.469 e. The van der Waals surface area contributed by atoms with E-state index in [-0.39, 0.29) is 17.9 Å². The molecule has 0 atom stereocenters. The van der Waals surface area contributed by atoms with Crippen LogP contribution in [-0.2, 0) is 26.0 Å². The van der Waals surface area contributed by atoms with Crippen LogP contribution in [0.2, 0.25) is 0 Å². The summed E-state index contributed by atoms with van der Waals surface area (Å²) in [5.74, 6) is -0.469. The number of nitrogens with two attached hydrogens (primary N) is 1. The first-order chi connectivity index (χ1) is 8.90. The number of hydrogen-bond donors (Lipinski definition) is 2. The maximum Gasteiger partial charge on any atom is 0.306 e. The number of benzene rings is 1. The SMILES string of the molecule is CCc1ccc(S(=O)(=O)NCCC(=O)OC)cc1N. The van der Waals surface area contributed by atoms with E-state index in [1.165, 1.54) is 19.2 Å². The maximum atomic E-state index is 11.9. The zero-order valence-corrected chi connectivity index (χ0v) is 11.8. The highest BCUT2D eigenvalue weighted by molar-refractivity contribution is 7.89. The average Bonchev–Trinajstić information content (AvgIpc) is 2.38. The number of ether oxygens (including phenoxy) is 1. The lowest BCUT2D eigenvalue weighted by Gasteiger charge is -2.09. The summed E-state index contributed by atoms with van der Waals surface area (Å²) in [5.41, 5.74) is 7.10. The molecule has 6 nitrogen and oxygen atoms in total. The van der Waals surface area contributed by atoms with Crippen molar-refractivity contribution in [3.63, 3.8) is 0 Å². The fraction of sp³-hybridized carbons (Fsp3) is 0.417. The van der Waals surface area contributed by atoms with Crippen LogP contribution in [-0.4, -0.2) is 28.0 Å². The Balaban J connectivity index is 2.77. The molecule has 0 spiro atoms. The van der Waals surface area contributed by atoms with E-state index in [0.29, 0.717) is 5.69 Å². The van der Waals surface area contributed by atoms with Crippen LogP contribution < -0.4 is 10.5 Å². The second-order valence-electron chi connectivity index (χ2n) is 3.94. The van der Waals surface area contributed by atoms with Crippen LogP contribution in [0.4, 0.5) is 5.69 Å². The summed E-state index contributed by atoms with van der Waals surface area (Å²) in [6.07, 6.45) is 0.722. The van der Waals surface area contributed by atoms with Crippen molar-refractivity contribution < 1.29 is 17.9 Å². The highest BCUT2D eigenvalue weighted by atomic mass is 32.2. The number of sulfonamides is 1. The number of anilines is 1. The summed E-state index contributed by atoms with van der Waals surface area (Å²) >= 11 is 0. The molecule has 1 aromatic rings. The van der Waals surface area contributed by atoms with Crippen LogP contribution in [0.1, 0.15) is 18.9 Å². The average molecular weight is 286 g/mol. The molecular formula is C12H18N2O4S. The quantitative estimate of drug-likeness (QED) is 0.591. The number of nitrogens with one attached hydrogen (secondary N) is 1. The van der Waals surface area contributed by atoms with Gasteiger partial charge in [0.25, 0.3) is 0 Å². The number of rotatable bonds is 6. The minimum absolute atomic E-state index is 0.00948. The van der Waals surface area contributed by atoms with Crippen molar-refractivity contribution in [1.29, 1.82) is 0 Å². The van der Waals surface area contributed by atoms with Crippen LogP contribution in [0, 0.1) is 0 Å². The fourth-order valence-electron chi connectivity index (χ4n) is 1.54. The Morgan fingerprint density at radius 2 is 2.11 bits per heavy atom. The summed E-state index contributed by atoms with van der Waals surface area (Å²) in [7, 11) is -2.40. The molecule has 0 saturated carbocycles. The molecule has 0 bridgehead atoms. The molecule has 1 rings (SSSR count). The number of hydrogen-bond acceptors (Lipinski definition) is 5. The normalized spacial score (nSPS) is 11.3. The molecule has 0 radical (unpaired) electrons. The van der Waals surface area contributed by atoms with Crippen molar-refractivity contribution >= 4 is 21.7 Å². The Morgan fingerprint density at radius 3 is 2.63 bits per heavy atom. The molecule has 0 aliphatic rings. The van der Waals surface area contributed by atoms with Gasteiger partial charge in [-0.15, -0.1) is 0 Å². The van der Waals surface area contributed by atoms with Gasteiger partial charge in [-0.1, -0.05) is 13.0 Å². The van der Waals surface area contributed by atoms with Gasteiger partial charge in [-0.25, -0.2) is 13.1 Å². The molecule has 19 heavy (non-hydrogen) atoms. The Kier molecular flexibility index (Phi) is 5.31. The highest BCUT2D eigenvalue weighted by Gasteiger charge is 2.15. The maximum absolute atomic E-state index is 11.9.